The van der Waals surface area contributed by atoms with Crippen LogP contribution >= 0.6 is 12.2 Å². The van der Waals surface area contributed by atoms with Gasteiger partial charge < -0.3 is 24.8 Å². The SMILES string of the molecule is COCC(=O)Nc1ccc(N2C(=S)N[C@@H](c3ccccn3)[C@H]2c2cc(C)n(-c3ccccc3F)c2C)cc1C. The van der Waals surface area contributed by atoms with Crippen LogP contribution < -0.4 is 15.5 Å². The van der Waals surface area contributed by atoms with Crippen molar-refractivity contribution in [1.29, 1.82) is 0 Å². The van der Waals surface area contributed by atoms with Gasteiger partial charge in [-0.1, -0.05) is 18.2 Å². The Hall–Kier alpha value is -4.08. The van der Waals surface area contributed by atoms with Crippen LogP contribution in [0.5, 0.6) is 0 Å². The number of thiocarbonyl (C=S) groups is 1. The lowest BCUT2D eigenvalue weighted by molar-refractivity contribution is -0.119. The van der Waals surface area contributed by atoms with Gasteiger partial charge >= 0.3 is 0 Å². The lowest BCUT2D eigenvalue weighted by atomic mass is 9.96. The van der Waals surface area contributed by atoms with E-state index < -0.39 is 0 Å². The number of aromatic nitrogens is 2. The molecular weight excluding hydrogens is 513 g/mol. The number of hydrogen-bond acceptors (Lipinski definition) is 4. The summed E-state index contributed by atoms with van der Waals surface area (Å²) in [4.78, 5) is 18.8. The highest BCUT2D eigenvalue weighted by Crippen LogP contribution is 2.44. The fraction of sp³-hybridized carbons (Fsp3) is 0.233. The van der Waals surface area contributed by atoms with Crippen LogP contribution in [0.2, 0.25) is 0 Å². The van der Waals surface area contributed by atoms with Crippen molar-refractivity contribution in [2.75, 3.05) is 23.9 Å². The second-order valence-corrected chi connectivity index (χ2v) is 9.98. The molecule has 9 heteroatoms. The van der Waals surface area contributed by atoms with Gasteiger partial charge in [-0.25, -0.2) is 4.39 Å². The van der Waals surface area contributed by atoms with Gasteiger partial charge in [-0.2, -0.15) is 0 Å². The number of ether oxygens (including phenoxy) is 1. The molecule has 0 bridgehead atoms. The molecule has 0 radical (unpaired) electrons. The summed E-state index contributed by atoms with van der Waals surface area (Å²) in [5.74, 6) is -0.508. The maximum absolute atomic E-state index is 14.9. The van der Waals surface area contributed by atoms with Crippen molar-refractivity contribution in [2.24, 2.45) is 0 Å². The molecule has 0 spiro atoms. The summed E-state index contributed by atoms with van der Waals surface area (Å²) in [6.45, 7) is 5.90. The summed E-state index contributed by atoms with van der Waals surface area (Å²) in [7, 11) is 1.48. The molecule has 0 saturated carbocycles. The van der Waals surface area contributed by atoms with E-state index in [4.69, 9.17) is 17.0 Å². The highest BCUT2D eigenvalue weighted by Gasteiger charge is 2.42. The molecule has 2 aromatic heterocycles. The summed E-state index contributed by atoms with van der Waals surface area (Å²) in [6.07, 6.45) is 1.77. The van der Waals surface area contributed by atoms with Crippen LogP contribution in [0, 0.1) is 26.6 Å². The van der Waals surface area contributed by atoms with Crippen molar-refractivity contribution < 1.29 is 13.9 Å². The topological polar surface area (TPSA) is 71.4 Å². The molecule has 39 heavy (non-hydrogen) atoms. The number of methoxy groups -OCH3 is 1. The van der Waals surface area contributed by atoms with Crippen LogP contribution in [0.4, 0.5) is 15.8 Å². The minimum atomic E-state index is -0.286. The van der Waals surface area contributed by atoms with E-state index in [1.165, 1.54) is 13.2 Å². The third-order valence-corrected chi connectivity index (χ3v) is 7.33. The van der Waals surface area contributed by atoms with Gasteiger partial charge in [0.1, 0.15) is 12.4 Å². The molecule has 5 rings (SSSR count). The van der Waals surface area contributed by atoms with Crippen molar-refractivity contribution >= 4 is 34.6 Å². The van der Waals surface area contributed by atoms with Gasteiger partial charge in [0.25, 0.3) is 0 Å². The Morgan fingerprint density at radius 3 is 2.56 bits per heavy atom. The van der Waals surface area contributed by atoms with Gasteiger partial charge in [-0.15, -0.1) is 0 Å². The lowest BCUT2D eigenvalue weighted by Gasteiger charge is -2.29. The normalized spacial score (nSPS) is 16.8. The fourth-order valence-corrected chi connectivity index (χ4v) is 5.64. The van der Waals surface area contributed by atoms with Crippen LogP contribution in [-0.4, -0.2) is 34.3 Å². The van der Waals surface area contributed by atoms with E-state index >= 15 is 0 Å². The second-order valence-electron chi connectivity index (χ2n) is 9.59. The van der Waals surface area contributed by atoms with E-state index in [0.717, 1.165) is 33.9 Å². The van der Waals surface area contributed by atoms with Crippen LogP contribution in [0.1, 0.15) is 40.3 Å². The molecule has 2 N–H and O–H groups in total. The van der Waals surface area contributed by atoms with Gasteiger partial charge in [0, 0.05) is 36.1 Å². The van der Waals surface area contributed by atoms with E-state index in [9.17, 15) is 9.18 Å². The van der Waals surface area contributed by atoms with E-state index in [1.54, 1.807) is 18.3 Å². The molecule has 4 aromatic rings. The molecule has 1 aliphatic heterocycles. The number of carbonyl (C=O) groups excluding carboxylic acids is 1. The Balaban J connectivity index is 1.62. The second kappa shape index (κ2) is 11.0. The number of nitrogens with one attached hydrogen (secondary N) is 2. The number of aryl methyl sites for hydroxylation is 2. The average molecular weight is 544 g/mol. The zero-order valence-corrected chi connectivity index (χ0v) is 23.1. The average Bonchev–Trinajstić information content (AvgIpc) is 3.41. The summed E-state index contributed by atoms with van der Waals surface area (Å²) in [6, 6.07) is 20.0. The number of anilines is 2. The molecule has 0 aliphatic carbocycles. The lowest BCUT2D eigenvalue weighted by Crippen LogP contribution is -2.29. The van der Waals surface area contributed by atoms with Crippen molar-refractivity contribution in [3.8, 4) is 5.69 Å². The first kappa shape index (κ1) is 26.5. The number of carbonyl (C=O) groups is 1. The number of para-hydroxylation sites is 1. The van der Waals surface area contributed by atoms with Gasteiger partial charge in [0.15, 0.2) is 5.11 Å². The van der Waals surface area contributed by atoms with Crippen LogP contribution in [0.3, 0.4) is 0 Å². The largest absolute Gasteiger partial charge is 0.375 e. The monoisotopic (exact) mass is 543 g/mol. The van der Waals surface area contributed by atoms with Gasteiger partial charge in [0.2, 0.25) is 5.91 Å². The predicted octanol–water partition coefficient (Wildman–Crippen LogP) is 5.70. The Morgan fingerprint density at radius 1 is 1.10 bits per heavy atom. The zero-order chi connectivity index (χ0) is 27.7. The van der Waals surface area contributed by atoms with Crippen LogP contribution in [-0.2, 0) is 9.53 Å². The molecule has 3 heterocycles. The predicted molar refractivity (Wildman–Crippen MR) is 155 cm³/mol. The Morgan fingerprint density at radius 2 is 1.87 bits per heavy atom. The number of halogens is 1. The highest BCUT2D eigenvalue weighted by atomic mass is 32.1. The first-order valence-corrected chi connectivity index (χ1v) is 13.0. The third-order valence-electron chi connectivity index (χ3n) is 7.02. The minimum absolute atomic E-state index is 0.0211. The summed E-state index contributed by atoms with van der Waals surface area (Å²) in [5, 5.41) is 6.92. The number of benzene rings is 2. The number of rotatable bonds is 7. The summed E-state index contributed by atoms with van der Waals surface area (Å²) >= 11 is 5.89. The Bertz CT molecular complexity index is 1540. The zero-order valence-electron chi connectivity index (χ0n) is 22.2. The molecule has 1 amide bonds. The molecule has 1 aliphatic rings. The molecule has 2 atom stereocenters. The first-order valence-electron chi connectivity index (χ1n) is 12.6. The van der Waals surface area contributed by atoms with Gasteiger partial charge in [-0.3, -0.25) is 9.78 Å². The van der Waals surface area contributed by atoms with Gasteiger partial charge in [0.05, 0.1) is 23.5 Å². The quantitative estimate of drug-likeness (QED) is 0.292. The van der Waals surface area contributed by atoms with E-state index in [0.29, 0.717) is 16.5 Å². The van der Waals surface area contributed by atoms with Crippen molar-refractivity contribution in [1.82, 2.24) is 14.9 Å². The maximum Gasteiger partial charge on any atom is 0.250 e. The molecule has 0 unspecified atom stereocenters. The first-order chi connectivity index (χ1) is 18.8. The van der Waals surface area contributed by atoms with Crippen molar-refractivity contribution in [3.63, 3.8) is 0 Å². The minimum Gasteiger partial charge on any atom is -0.375 e. The molecule has 1 fully saturated rings. The number of pyridine rings is 1. The highest BCUT2D eigenvalue weighted by molar-refractivity contribution is 7.80. The summed E-state index contributed by atoms with van der Waals surface area (Å²) in [5.41, 5.74) is 6.65. The van der Waals surface area contributed by atoms with Crippen LogP contribution in [0.25, 0.3) is 5.69 Å². The standard InChI is InChI=1S/C30H30FN5O2S/c1-18-15-21(12-13-24(18)33-27(37)17-38-4)36-29(28(34-30(36)39)25-10-7-8-14-32-25)22-16-19(2)35(20(22)3)26-11-6-5-9-23(26)31/h5-16,28-29H,17H2,1-4H3,(H,33,37)(H,34,39)/t28-,29+/m0/s1. The van der Waals surface area contributed by atoms with E-state index in [1.807, 2.05) is 67.8 Å². The maximum atomic E-state index is 14.9. The molecular formula is C30H30FN5O2S. The summed E-state index contributed by atoms with van der Waals surface area (Å²) < 4.78 is 21.8. The van der Waals surface area contributed by atoms with Crippen molar-refractivity contribution in [3.05, 3.63) is 107 Å². The number of hydrogen-bond donors (Lipinski definition) is 2. The van der Waals surface area contributed by atoms with Crippen molar-refractivity contribution in [2.45, 2.75) is 32.9 Å². The smallest absolute Gasteiger partial charge is 0.250 e. The molecule has 2 aromatic carbocycles. The van der Waals surface area contributed by atoms with Gasteiger partial charge in [-0.05, 0) is 92.6 Å². The van der Waals surface area contributed by atoms with E-state index in [2.05, 4.69) is 26.6 Å². The molecule has 7 nitrogen and oxygen atoms in total. The Labute approximate surface area is 232 Å². The number of nitrogens with zero attached hydrogens (tertiary/aromatic N) is 3. The Kier molecular flexibility index (Phi) is 7.45. The number of amides is 1. The molecule has 200 valence electrons. The molecule has 1 saturated heterocycles. The third kappa shape index (κ3) is 5.03. The van der Waals surface area contributed by atoms with Crippen LogP contribution in [0.15, 0.2) is 72.9 Å². The fourth-order valence-electron chi connectivity index (χ4n) is 5.30. The van der Waals surface area contributed by atoms with E-state index in [-0.39, 0.29) is 30.4 Å².